The second kappa shape index (κ2) is 5.19. The molecule has 0 fully saturated rings. The van der Waals surface area contributed by atoms with E-state index in [1.165, 1.54) is 0 Å². The average Bonchev–Trinajstić information content (AvgIpc) is 2.20. The first-order chi connectivity index (χ1) is 7.73. The summed E-state index contributed by atoms with van der Waals surface area (Å²) in [5.41, 5.74) is 1.46. The van der Waals surface area contributed by atoms with E-state index in [4.69, 9.17) is 0 Å². The van der Waals surface area contributed by atoms with Crippen LogP contribution in [0, 0.1) is 12.7 Å². The quantitative estimate of drug-likeness (QED) is 0.589. The Bertz CT molecular complexity index is 438. The van der Waals surface area contributed by atoms with Crippen molar-refractivity contribution in [2.45, 2.75) is 39.4 Å². The van der Waals surface area contributed by atoms with E-state index >= 15 is 0 Å². The highest BCUT2D eigenvalue weighted by molar-refractivity contribution is 7.91. The third-order valence-corrected chi connectivity index (χ3v) is 3.81. The summed E-state index contributed by atoms with van der Waals surface area (Å²) < 4.78 is 29.3. The van der Waals surface area contributed by atoms with Gasteiger partial charge in [0.05, 0.1) is 5.71 Å². The van der Waals surface area contributed by atoms with Gasteiger partial charge in [-0.2, -0.15) is 0 Å². The van der Waals surface area contributed by atoms with Gasteiger partial charge < -0.3 is 4.55 Å². The van der Waals surface area contributed by atoms with Crippen LogP contribution in [0.3, 0.4) is 0 Å². The monoisotopic (exact) mass is 255 g/mol. The fourth-order valence-electron chi connectivity index (χ4n) is 1.24. The van der Waals surface area contributed by atoms with Crippen molar-refractivity contribution >= 4 is 17.1 Å². The number of hydrogen-bond donors (Lipinski definition) is 0. The van der Waals surface area contributed by atoms with E-state index in [0.29, 0.717) is 16.8 Å². The van der Waals surface area contributed by atoms with Crippen molar-refractivity contribution in [3.8, 4) is 0 Å². The molecule has 0 aliphatic rings. The molecule has 0 spiro atoms. The van der Waals surface area contributed by atoms with E-state index in [1.54, 1.807) is 32.0 Å². The van der Waals surface area contributed by atoms with Crippen molar-refractivity contribution in [3.63, 3.8) is 0 Å². The van der Waals surface area contributed by atoms with Gasteiger partial charge in [-0.15, -0.1) is 0 Å². The Morgan fingerprint density at radius 1 is 1.35 bits per heavy atom. The number of hydrogen-bond acceptors (Lipinski definition) is 2. The number of rotatable bonds is 2. The highest BCUT2D eigenvalue weighted by Crippen LogP contribution is 2.19. The molecule has 4 heteroatoms. The topological polar surface area (TPSA) is 35.4 Å². The van der Waals surface area contributed by atoms with Gasteiger partial charge in [-0.05, 0) is 40.2 Å². The smallest absolute Gasteiger partial charge is 0.144 e. The zero-order valence-corrected chi connectivity index (χ0v) is 11.7. The standard InChI is InChI=1S/C13H18FNOS/c1-9-7-6-8-11(12(9)14)10(2)15-17(16)13(3,4)5/h6-8H,1-5H3/b15-10-. The van der Waals surface area contributed by atoms with Gasteiger partial charge in [0.25, 0.3) is 0 Å². The summed E-state index contributed by atoms with van der Waals surface area (Å²) in [6.07, 6.45) is 0. The van der Waals surface area contributed by atoms with Gasteiger partial charge in [-0.1, -0.05) is 22.6 Å². The molecule has 0 N–H and O–H groups in total. The lowest BCUT2D eigenvalue weighted by Crippen LogP contribution is -2.26. The molecule has 0 bridgehead atoms. The first kappa shape index (κ1) is 14.2. The van der Waals surface area contributed by atoms with Crippen LogP contribution in [0.5, 0.6) is 0 Å². The van der Waals surface area contributed by atoms with Crippen molar-refractivity contribution in [2.75, 3.05) is 0 Å². The van der Waals surface area contributed by atoms with Crippen molar-refractivity contribution in [1.29, 1.82) is 0 Å². The zero-order chi connectivity index (χ0) is 13.2. The molecule has 94 valence electrons. The van der Waals surface area contributed by atoms with Gasteiger partial charge in [0.1, 0.15) is 21.9 Å². The van der Waals surface area contributed by atoms with E-state index in [0.717, 1.165) is 0 Å². The predicted molar refractivity (Wildman–Crippen MR) is 71.2 cm³/mol. The number of halogens is 1. The molecule has 2 nitrogen and oxygen atoms in total. The van der Waals surface area contributed by atoms with Crippen molar-refractivity contribution in [3.05, 3.63) is 35.1 Å². The molecule has 0 heterocycles. The van der Waals surface area contributed by atoms with E-state index in [-0.39, 0.29) is 5.82 Å². The third kappa shape index (κ3) is 3.54. The lowest BCUT2D eigenvalue weighted by molar-refractivity contribution is 0.561. The van der Waals surface area contributed by atoms with Gasteiger partial charge in [0.2, 0.25) is 0 Å². The average molecular weight is 255 g/mol. The van der Waals surface area contributed by atoms with Crippen molar-refractivity contribution < 1.29 is 8.94 Å². The highest BCUT2D eigenvalue weighted by Gasteiger charge is 2.27. The molecule has 0 radical (unpaired) electrons. The molecule has 0 aliphatic carbocycles. The van der Waals surface area contributed by atoms with Gasteiger partial charge in [-0.3, -0.25) is 0 Å². The Morgan fingerprint density at radius 2 is 1.94 bits per heavy atom. The SMILES string of the molecule is C/C(=N/[S+]([O-])C(C)(C)C)c1cccc(C)c1F. The molecule has 1 unspecified atom stereocenters. The van der Waals surface area contributed by atoms with Crippen LogP contribution in [0.4, 0.5) is 4.39 Å². The Labute approximate surface area is 105 Å². The number of nitrogens with zero attached hydrogens (tertiary/aromatic N) is 1. The van der Waals surface area contributed by atoms with Gasteiger partial charge in [0, 0.05) is 5.56 Å². The largest absolute Gasteiger partial charge is 0.591 e. The normalized spacial score (nSPS) is 14.9. The molecule has 1 aromatic rings. The number of benzene rings is 1. The van der Waals surface area contributed by atoms with Crippen LogP contribution in [0.25, 0.3) is 0 Å². The molecular formula is C13H18FNOS. The molecule has 0 saturated heterocycles. The fourth-order valence-corrected chi connectivity index (χ4v) is 1.86. The molecule has 0 amide bonds. The predicted octanol–water partition coefficient (Wildman–Crippen LogP) is 3.41. The van der Waals surface area contributed by atoms with Crippen molar-refractivity contribution in [2.24, 2.45) is 4.40 Å². The first-order valence-corrected chi connectivity index (χ1v) is 6.57. The summed E-state index contributed by atoms with van der Waals surface area (Å²) in [4.78, 5) is 0. The van der Waals surface area contributed by atoms with Crippen LogP contribution < -0.4 is 0 Å². The van der Waals surface area contributed by atoms with E-state index in [1.807, 2.05) is 20.8 Å². The van der Waals surface area contributed by atoms with E-state index in [2.05, 4.69) is 4.40 Å². The van der Waals surface area contributed by atoms with Crippen molar-refractivity contribution in [1.82, 2.24) is 0 Å². The first-order valence-electron chi connectivity index (χ1n) is 5.46. The summed E-state index contributed by atoms with van der Waals surface area (Å²) >= 11 is -1.36. The third-order valence-electron chi connectivity index (χ3n) is 2.33. The molecule has 0 aliphatic heterocycles. The van der Waals surface area contributed by atoms with E-state index in [9.17, 15) is 8.94 Å². The molecule has 0 aromatic heterocycles. The Hall–Kier alpha value is -0.870. The van der Waals surface area contributed by atoms with Crippen LogP contribution in [-0.4, -0.2) is 15.0 Å². The van der Waals surface area contributed by atoms with Crippen LogP contribution >= 0.6 is 0 Å². The summed E-state index contributed by atoms with van der Waals surface area (Å²) in [5.74, 6) is -0.292. The summed E-state index contributed by atoms with van der Waals surface area (Å²) in [6.45, 7) is 8.90. The minimum absolute atomic E-state index is 0.292. The summed E-state index contributed by atoms with van der Waals surface area (Å²) in [5, 5.41) is 0. The second-order valence-electron chi connectivity index (χ2n) is 4.97. The minimum atomic E-state index is -1.36. The molecule has 17 heavy (non-hydrogen) atoms. The van der Waals surface area contributed by atoms with E-state index < -0.39 is 16.1 Å². The van der Waals surface area contributed by atoms with Crippen LogP contribution in [-0.2, 0) is 11.4 Å². The Kier molecular flexibility index (Phi) is 4.33. The maximum Gasteiger partial charge on any atom is 0.144 e. The Balaban J connectivity index is 3.09. The maximum absolute atomic E-state index is 13.8. The maximum atomic E-state index is 13.8. The highest BCUT2D eigenvalue weighted by atomic mass is 32.2. The minimum Gasteiger partial charge on any atom is -0.591 e. The molecule has 0 saturated carbocycles. The van der Waals surface area contributed by atoms with Crippen LogP contribution in [0.1, 0.15) is 38.8 Å². The second-order valence-corrected chi connectivity index (χ2v) is 6.88. The van der Waals surface area contributed by atoms with Crippen LogP contribution in [0.15, 0.2) is 22.6 Å². The van der Waals surface area contributed by atoms with Crippen LogP contribution in [0.2, 0.25) is 0 Å². The number of aryl methyl sites for hydroxylation is 1. The molecule has 1 aromatic carbocycles. The lowest BCUT2D eigenvalue weighted by Gasteiger charge is -2.18. The Morgan fingerprint density at radius 3 is 2.47 bits per heavy atom. The van der Waals surface area contributed by atoms with Gasteiger partial charge >= 0.3 is 0 Å². The van der Waals surface area contributed by atoms with Gasteiger partial charge in [0.15, 0.2) is 0 Å². The zero-order valence-electron chi connectivity index (χ0n) is 10.9. The lowest BCUT2D eigenvalue weighted by atomic mass is 10.1. The van der Waals surface area contributed by atoms with Gasteiger partial charge in [-0.25, -0.2) is 4.39 Å². The summed E-state index contributed by atoms with van der Waals surface area (Å²) in [7, 11) is 0. The fraction of sp³-hybridized carbons (Fsp3) is 0.462. The molecule has 1 atom stereocenters. The molecule has 1 rings (SSSR count). The summed E-state index contributed by atoms with van der Waals surface area (Å²) in [6, 6.07) is 5.13. The molecular weight excluding hydrogens is 237 g/mol.